The minimum Gasteiger partial charge on any atom is -0.493 e. The lowest BCUT2D eigenvalue weighted by Gasteiger charge is -2.17. The van der Waals surface area contributed by atoms with Crippen molar-refractivity contribution in [2.24, 2.45) is 0 Å². The molecular weight excluding hydrogens is 302 g/mol. The van der Waals surface area contributed by atoms with Crippen molar-refractivity contribution in [2.45, 2.75) is 19.9 Å². The molecule has 118 valence electrons. The molecule has 0 bridgehead atoms. The number of nitrogens with zero attached hydrogens (tertiary/aromatic N) is 1. The Labute approximate surface area is 133 Å². The molecule has 2 rings (SSSR count). The van der Waals surface area contributed by atoms with E-state index >= 15 is 0 Å². The molecule has 2 aromatic rings. The monoisotopic (exact) mass is 321 g/mol. The maximum atomic E-state index is 11.9. The summed E-state index contributed by atoms with van der Waals surface area (Å²) >= 11 is 1.37. The standard InChI is InChI=1S/C15H19N3O3S/c1-4-21-12-6-5-11(9-13(12)20-3)10(2)17-14(19)18-15-16-7-8-22-15/h5-10H,4H2,1-3H3,(H2,16,17,18,19)/t10-/m1/s1. The van der Waals surface area contributed by atoms with Crippen LogP contribution in [0.4, 0.5) is 9.93 Å². The van der Waals surface area contributed by atoms with Gasteiger partial charge in [0.15, 0.2) is 16.6 Å². The number of anilines is 1. The summed E-state index contributed by atoms with van der Waals surface area (Å²) in [4.78, 5) is 15.9. The second-order valence-corrected chi connectivity index (χ2v) is 5.40. The highest BCUT2D eigenvalue weighted by molar-refractivity contribution is 7.13. The molecule has 0 fully saturated rings. The third kappa shape index (κ3) is 4.11. The average molecular weight is 321 g/mol. The van der Waals surface area contributed by atoms with Gasteiger partial charge in [0.2, 0.25) is 0 Å². The van der Waals surface area contributed by atoms with Gasteiger partial charge >= 0.3 is 6.03 Å². The number of benzene rings is 1. The summed E-state index contributed by atoms with van der Waals surface area (Å²) in [5.74, 6) is 1.33. The lowest BCUT2D eigenvalue weighted by atomic mass is 10.1. The topological polar surface area (TPSA) is 72.5 Å². The van der Waals surface area contributed by atoms with Crippen molar-refractivity contribution in [3.05, 3.63) is 35.3 Å². The highest BCUT2D eigenvalue weighted by Crippen LogP contribution is 2.30. The molecule has 1 atom stereocenters. The van der Waals surface area contributed by atoms with E-state index in [1.807, 2.05) is 32.0 Å². The fraction of sp³-hybridized carbons (Fsp3) is 0.333. The maximum Gasteiger partial charge on any atom is 0.321 e. The lowest BCUT2D eigenvalue weighted by molar-refractivity contribution is 0.249. The summed E-state index contributed by atoms with van der Waals surface area (Å²) < 4.78 is 10.8. The van der Waals surface area contributed by atoms with Crippen molar-refractivity contribution in [2.75, 3.05) is 19.0 Å². The van der Waals surface area contributed by atoms with E-state index in [2.05, 4.69) is 15.6 Å². The predicted octanol–water partition coefficient (Wildman–Crippen LogP) is 3.43. The highest BCUT2D eigenvalue weighted by atomic mass is 32.1. The fourth-order valence-corrected chi connectivity index (χ4v) is 2.45. The molecular formula is C15H19N3O3S. The van der Waals surface area contributed by atoms with Gasteiger partial charge in [0.05, 0.1) is 19.8 Å². The van der Waals surface area contributed by atoms with Crippen LogP contribution in [0.2, 0.25) is 0 Å². The zero-order chi connectivity index (χ0) is 15.9. The van der Waals surface area contributed by atoms with Gasteiger partial charge < -0.3 is 14.8 Å². The number of urea groups is 1. The normalized spacial score (nSPS) is 11.6. The molecule has 2 N–H and O–H groups in total. The zero-order valence-corrected chi connectivity index (χ0v) is 13.6. The van der Waals surface area contributed by atoms with Crippen molar-refractivity contribution < 1.29 is 14.3 Å². The van der Waals surface area contributed by atoms with Crippen LogP contribution in [0.5, 0.6) is 11.5 Å². The van der Waals surface area contributed by atoms with Crippen LogP contribution in [-0.4, -0.2) is 24.7 Å². The van der Waals surface area contributed by atoms with Crippen LogP contribution in [0.15, 0.2) is 29.8 Å². The van der Waals surface area contributed by atoms with E-state index in [9.17, 15) is 4.79 Å². The molecule has 22 heavy (non-hydrogen) atoms. The third-order valence-corrected chi connectivity index (χ3v) is 3.68. The highest BCUT2D eigenvalue weighted by Gasteiger charge is 2.13. The number of nitrogens with one attached hydrogen (secondary N) is 2. The summed E-state index contributed by atoms with van der Waals surface area (Å²) in [6, 6.07) is 5.13. The van der Waals surface area contributed by atoms with Gasteiger partial charge in [-0.1, -0.05) is 6.07 Å². The van der Waals surface area contributed by atoms with Gasteiger partial charge in [-0.05, 0) is 31.5 Å². The Hall–Kier alpha value is -2.28. The van der Waals surface area contributed by atoms with Crippen molar-refractivity contribution in [3.63, 3.8) is 0 Å². The molecule has 6 nitrogen and oxygen atoms in total. The molecule has 0 aliphatic carbocycles. The number of hydrogen-bond acceptors (Lipinski definition) is 5. The number of methoxy groups -OCH3 is 1. The first kappa shape index (κ1) is 16.1. The van der Waals surface area contributed by atoms with Gasteiger partial charge in [-0.2, -0.15) is 0 Å². The minimum atomic E-state index is -0.296. The molecule has 0 aliphatic heterocycles. The number of amides is 2. The summed E-state index contributed by atoms with van der Waals surface area (Å²) in [5, 5.41) is 7.91. The first-order valence-corrected chi connectivity index (χ1v) is 7.79. The number of rotatable bonds is 6. The van der Waals surface area contributed by atoms with Crippen molar-refractivity contribution in [3.8, 4) is 11.5 Å². The van der Waals surface area contributed by atoms with E-state index in [0.717, 1.165) is 5.56 Å². The Morgan fingerprint density at radius 1 is 1.41 bits per heavy atom. The Bertz CT molecular complexity index is 617. The minimum absolute atomic E-state index is 0.176. The average Bonchev–Trinajstić information content (AvgIpc) is 3.00. The van der Waals surface area contributed by atoms with Crippen LogP contribution in [-0.2, 0) is 0 Å². The van der Waals surface area contributed by atoms with Crippen molar-refractivity contribution >= 4 is 22.5 Å². The molecule has 0 saturated heterocycles. The first-order chi connectivity index (χ1) is 10.6. The van der Waals surface area contributed by atoms with Gasteiger partial charge in [0, 0.05) is 11.6 Å². The molecule has 2 amide bonds. The second kappa shape index (κ2) is 7.65. The van der Waals surface area contributed by atoms with Gasteiger partial charge in [0.1, 0.15) is 0 Å². The summed E-state index contributed by atoms with van der Waals surface area (Å²) in [7, 11) is 1.59. The molecule has 0 spiro atoms. The van der Waals surface area contributed by atoms with E-state index < -0.39 is 0 Å². The number of aromatic nitrogens is 1. The Morgan fingerprint density at radius 3 is 2.86 bits per heavy atom. The van der Waals surface area contributed by atoms with Crippen LogP contribution in [0, 0.1) is 0 Å². The summed E-state index contributed by atoms with van der Waals surface area (Å²) in [5.41, 5.74) is 0.926. The van der Waals surface area contributed by atoms with E-state index in [0.29, 0.717) is 23.2 Å². The van der Waals surface area contributed by atoms with Crippen LogP contribution in [0.25, 0.3) is 0 Å². The van der Waals surface area contributed by atoms with Crippen LogP contribution >= 0.6 is 11.3 Å². The van der Waals surface area contributed by atoms with Crippen LogP contribution < -0.4 is 20.1 Å². The molecule has 0 unspecified atom stereocenters. The number of ether oxygens (including phenoxy) is 2. The SMILES string of the molecule is CCOc1ccc([C@@H](C)NC(=O)Nc2nccs2)cc1OC. The van der Waals surface area contributed by atoms with Gasteiger partial charge in [-0.15, -0.1) is 11.3 Å². The first-order valence-electron chi connectivity index (χ1n) is 6.91. The number of hydrogen-bond donors (Lipinski definition) is 2. The predicted molar refractivity (Wildman–Crippen MR) is 86.8 cm³/mol. The number of carbonyl (C=O) groups excluding carboxylic acids is 1. The molecule has 0 aliphatic rings. The Kier molecular flexibility index (Phi) is 5.60. The Morgan fingerprint density at radius 2 is 2.23 bits per heavy atom. The number of thiazole rings is 1. The summed E-state index contributed by atoms with van der Waals surface area (Å²) in [6.45, 7) is 4.39. The van der Waals surface area contributed by atoms with E-state index in [1.165, 1.54) is 11.3 Å². The second-order valence-electron chi connectivity index (χ2n) is 4.50. The molecule has 1 aromatic heterocycles. The smallest absolute Gasteiger partial charge is 0.321 e. The quantitative estimate of drug-likeness (QED) is 0.855. The largest absolute Gasteiger partial charge is 0.493 e. The van der Waals surface area contributed by atoms with E-state index in [1.54, 1.807) is 18.7 Å². The molecule has 7 heteroatoms. The molecule has 0 saturated carbocycles. The Balaban J connectivity index is 2.02. The van der Waals surface area contributed by atoms with Gasteiger partial charge in [-0.3, -0.25) is 5.32 Å². The fourth-order valence-electron chi connectivity index (χ4n) is 1.93. The molecule has 0 radical (unpaired) electrons. The molecule has 1 heterocycles. The van der Waals surface area contributed by atoms with Gasteiger partial charge in [-0.25, -0.2) is 9.78 Å². The lowest BCUT2D eigenvalue weighted by Crippen LogP contribution is -2.31. The maximum absolute atomic E-state index is 11.9. The molecule has 1 aromatic carbocycles. The van der Waals surface area contributed by atoms with E-state index in [4.69, 9.17) is 9.47 Å². The van der Waals surface area contributed by atoms with Gasteiger partial charge in [0.25, 0.3) is 0 Å². The van der Waals surface area contributed by atoms with Crippen molar-refractivity contribution in [1.29, 1.82) is 0 Å². The van der Waals surface area contributed by atoms with Crippen LogP contribution in [0.1, 0.15) is 25.5 Å². The summed E-state index contributed by atoms with van der Waals surface area (Å²) in [6.07, 6.45) is 1.64. The van der Waals surface area contributed by atoms with Crippen LogP contribution in [0.3, 0.4) is 0 Å². The number of carbonyl (C=O) groups is 1. The zero-order valence-electron chi connectivity index (χ0n) is 12.8. The third-order valence-electron chi connectivity index (χ3n) is 2.99. The van der Waals surface area contributed by atoms with E-state index in [-0.39, 0.29) is 12.1 Å². The van der Waals surface area contributed by atoms with Crippen molar-refractivity contribution in [1.82, 2.24) is 10.3 Å².